The molecule has 1 aliphatic heterocycles. The highest BCUT2D eigenvalue weighted by molar-refractivity contribution is 6.31. The summed E-state index contributed by atoms with van der Waals surface area (Å²) >= 11 is 6.10. The highest BCUT2D eigenvalue weighted by Gasteiger charge is 2.29. The molecule has 2 amide bonds. The molecule has 0 radical (unpaired) electrons. The first-order valence-corrected chi connectivity index (χ1v) is 10.2. The molecule has 2 aromatic carbocycles. The number of benzene rings is 2. The lowest BCUT2D eigenvalue weighted by Gasteiger charge is -2.15. The van der Waals surface area contributed by atoms with E-state index in [0.717, 1.165) is 32.3 Å². The molecule has 0 bridgehead atoms. The van der Waals surface area contributed by atoms with Gasteiger partial charge in [0.2, 0.25) is 5.91 Å². The first-order chi connectivity index (χ1) is 14.1. The molecular formula is C22H23ClN2O4. The van der Waals surface area contributed by atoms with E-state index < -0.39 is 0 Å². The average molecular weight is 415 g/mol. The van der Waals surface area contributed by atoms with E-state index in [0.29, 0.717) is 34.3 Å². The number of anilines is 2. The van der Waals surface area contributed by atoms with Gasteiger partial charge in [-0.3, -0.25) is 9.59 Å². The minimum atomic E-state index is -0.283. The van der Waals surface area contributed by atoms with E-state index in [1.807, 2.05) is 0 Å². The molecule has 1 unspecified atom stereocenters. The Hall–Kier alpha value is -2.57. The topological polar surface area (TPSA) is 76.7 Å². The molecule has 2 aliphatic rings. The fraction of sp³-hybridized carbons (Fsp3) is 0.364. The summed E-state index contributed by atoms with van der Waals surface area (Å²) in [7, 11) is 0. The van der Waals surface area contributed by atoms with Gasteiger partial charge in [0.25, 0.3) is 5.91 Å². The Balaban J connectivity index is 1.40. The van der Waals surface area contributed by atoms with E-state index in [-0.39, 0.29) is 23.8 Å². The smallest absolute Gasteiger partial charge is 0.255 e. The van der Waals surface area contributed by atoms with Crippen LogP contribution in [-0.2, 0) is 9.53 Å². The standard InChI is InChI=1S/C22H23ClN2O4/c23-16-7-10-20(29-13-18-2-1-11-28-18)19(12-16)25-22(27)15-5-8-17(9-6-15)24-21(26)14-3-4-14/h5-10,12,14,18H,1-4,11,13H2,(H,24,26)(H,25,27). The third kappa shape index (κ3) is 5.28. The van der Waals surface area contributed by atoms with Crippen LogP contribution in [0.4, 0.5) is 11.4 Å². The molecule has 1 atom stereocenters. The Morgan fingerprint density at radius 1 is 1.07 bits per heavy atom. The van der Waals surface area contributed by atoms with Gasteiger partial charge in [0.15, 0.2) is 0 Å². The lowest BCUT2D eigenvalue weighted by molar-refractivity contribution is -0.117. The molecule has 1 saturated carbocycles. The van der Waals surface area contributed by atoms with Crippen LogP contribution in [-0.4, -0.2) is 31.1 Å². The van der Waals surface area contributed by atoms with Crippen molar-refractivity contribution in [1.82, 2.24) is 0 Å². The van der Waals surface area contributed by atoms with E-state index in [1.54, 1.807) is 42.5 Å². The van der Waals surface area contributed by atoms with Crippen LogP contribution in [0.5, 0.6) is 5.75 Å². The molecule has 29 heavy (non-hydrogen) atoms. The number of amides is 2. The highest BCUT2D eigenvalue weighted by atomic mass is 35.5. The number of hydrogen-bond acceptors (Lipinski definition) is 4. The quantitative estimate of drug-likeness (QED) is 0.699. The summed E-state index contributed by atoms with van der Waals surface area (Å²) < 4.78 is 11.4. The Morgan fingerprint density at radius 2 is 1.86 bits per heavy atom. The minimum Gasteiger partial charge on any atom is -0.489 e. The van der Waals surface area contributed by atoms with E-state index in [4.69, 9.17) is 21.1 Å². The molecule has 1 saturated heterocycles. The Kier molecular flexibility index (Phi) is 6.02. The fourth-order valence-electron chi connectivity index (χ4n) is 3.17. The zero-order chi connectivity index (χ0) is 20.2. The van der Waals surface area contributed by atoms with Crippen LogP contribution in [0.3, 0.4) is 0 Å². The summed E-state index contributed by atoms with van der Waals surface area (Å²) in [6.45, 7) is 1.19. The molecule has 0 spiro atoms. The van der Waals surface area contributed by atoms with Crippen molar-refractivity contribution in [3.05, 3.63) is 53.1 Å². The molecular weight excluding hydrogens is 392 g/mol. The van der Waals surface area contributed by atoms with Gasteiger partial charge in [-0.25, -0.2) is 0 Å². The number of carbonyl (C=O) groups excluding carboxylic acids is 2. The summed E-state index contributed by atoms with van der Waals surface area (Å²) in [6.07, 6.45) is 3.98. The molecule has 6 nitrogen and oxygen atoms in total. The van der Waals surface area contributed by atoms with Crippen molar-refractivity contribution in [1.29, 1.82) is 0 Å². The van der Waals surface area contributed by atoms with Crippen LogP contribution in [0.1, 0.15) is 36.0 Å². The molecule has 2 N–H and O–H groups in total. The zero-order valence-corrected chi connectivity index (χ0v) is 16.7. The summed E-state index contributed by atoms with van der Waals surface area (Å²) in [5.41, 5.74) is 1.66. The predicted molar refractivity (Wildman–Crippen MR) is 112 cm³/mol. The number of carbonyl (C=O) groups is 2. The number of ether oxygens (including phenoxy) is 2. The van der Waals surface area contributed by atoms with Crippen molar-refractivity contribution in [3.63, 3.8) is 0 Å². The van der Waals surface area contributed by atoms with Crippen molar-refractivity contribution < 1.29 is 19.1 Å². The number of halogens is 1. The predicted octanol–water partition coefficient (Wildman–Crippen LogP) is 4.50. The van der Waals surface area contributed by atoms with Gasteiger partial charge in [0.05, 0.1) is 11.8 Å². The monoisotopic (exact) mass is 414 g/mol. The van der Waals surface area contributed by atoms with Gasteiger partial charge in [0, 0.05) is 28.8 Å². The van der Waals surface area contributed by atoms with Gasteiger partial charge in [-0.2, -0.15) is 0 Å². The van der Waals surface area contributed by atoms with E-state index >= 15 is 0 Å². The molecule has 0 aromatic heterocycles. The SMILES string of the molecule is O=C(Nc1cc(Cl)ccc1OCC1CCCO1)c1ccc(NC(=O)C2CC2)cc1. The second-order valence-electron chi connectivity index (χ2n) is 7.38. The van der Waals surface area contributed by atoms with Gasteiger partial charge in [-0.1, -0.05) is 11.6 Å². The van der Waals surface area contributed by atoms with Crippen molar-refractivity contribution in [2.24, 2.45) is 5.92 Å². The van der Waals surface area contributed by atoms with E-state index in [9.17, 15) is 9.59 Å². The Morgan fingerprint density at radius 3 is 2.55 bits per heavy atom. The van der Waals surface area contributed by atoms with Gasteiger partial charge in [-0.05, 0) is 68.1 Å². The summed E-state index contributed by atoms with van der Waals surface area (Å²) in [6, 6.07) is 11.9. The summed E-state index contributed by atoms with van der Waals surface area (Å²) in [4.78, 5) is 24.5. The van der Waals surface area contributed by atoms with Gasteiger partial charge < -0.3 is 20.1 Å². The third-order valence-corrected chi connectivity index (χ3v) is 5.24. The maximum atomic E-state index is 12.7. The van der Waals surface area contributed by atoms with Crippen LogP contribution in [0, 0.1) is 5.92 Å². The van der Waals surface area contributed by atoms with Crippen LogP contribution in [0.25, 0.3) is 0 Å². The van der Waals surface area contributed by atoms with E-state index in [1.165, 1.54) is 0 Å². The van der Waals surface area contributed by atoms with Crippen molar-refractivity contribution in [2.75, 3.05) is 23.8 Å². The highest BCUT2D eigenvalue weighted by Crippen LogP contribution is 2.31. The minimum absolute atomic E-state index is 0.0363. The van der Waals surface area contributed by atoms with Crippen molar-refractivity contribution in [3.8, 4) is 5.75 Å². The number of nitrogens with one attached hydrogen (secondary N) is 2. The molecule has 4 rings (SSSR count). The zero-order valence-electron chi connectivity index (χ0n) is 15.9. The fourth-order valence-corrected chi connectivity index (χ4v) is 3.35. The Bertz CT molecular complexity index is 890. The Labute approximate surface area is 174 Å². The number of rotatable bonds is 7. The van der Waals surface area contributed by atoms with Crippen LogP contribution in [0.2, 0.25) is 5.02 Å². The first-order valence-electron chi connectivity index (χ1n) is 9.85. The lowest BCUT2D eigenvalue weighted by Crippen LogP contribution is -2.18. The molecule has 7 heteroatoms. The summed E-state index contributed by atoms with van der Waals surface area (Å²) in [5.74, 6) is 0.434. The maximum absolute atomic E-state index is 12.7. The normalized spacial score (nSPS) is 18.3. The maximum Gasteiger partial charge on any atom is 0.255 e. The largest absolute Gasteiger partial charge is 0.489 e. The van der Waals surface area contributed by atoms with E-state index in [2.05, 4.69) is 10.6 Å². The summed E-state index contributed by atoms with van der Waals surface area (Å²) in [5, 5.41) is 6.22. The molecule has 1 heterocycles. The van der Waals surface area contributed by atoms with Crippen molar-refractivity contribution in [2.45, 2.75) is 31.8 Å². The van der Waals surface area contributed by atoms with Crippen LogP contribution >= 0.6 is 11.6 Å². The molecule has 2 fully saturated rings. The van der Waals surface area contributed by atoms with Crippen LogP contribution in [0.15, 0.2) is 42.5 Å². The van der Waals surface area contributed by atoms with Crippen LogP contribution < -0.4 is 15.4 Å². The average Bonchev–Trinajstić information content (AvgIpc) is 3.44. The number of hydrogen-bond donors (Lipinski definition) is 2. The van der Waals surface area contributed by atoms with Crippen molar-refractivity contribution >= 4 is 34.8 Å². The second-order valence-corrected chi connectivity index (χ2v) is 7.82. The lowest BCUT2D eigenvalue weighted by atomic mass is 10.1. The van der Waals surface area contributed by atoms with Gasteiger partial charge >= 0.3 is 0 Å². The first kappa shape index (κ1) is 19.7. The molecule has 2 aromatic rings. The third-order valence-electron chi connectivity index (χ3n) is 5.00. The van der Waals surface area contributed by atoms with Gasteiger partial charge in [-0.15, -0.1) is 0 Å². The molecule has 152 valence electrons. The molecule has 1 aliphatic carbocycles. The van der Waals surface area contributed by atoms with Gasteiger partial charge in [0.1, 0.15) is 12.4 Å². The second kappa shape index (κ2) is 8.84.